The number of aliphatic hydroxyl groups is 1. The molecular weight excluding hydrogens is 225 g/mol. The Morgan fingerprint density at radius 2 is 1.78 bits per heavy atom. The Balaban J connectivity index is 2.20. The van der Waals surface area contributed by atoms with Crippen LogP contribution in [0.4, 0.5) is 0 Å². The van der Waals surface area contributed by atoms with Gasteiger partial charge in [0, 0.05) is 0 Å². The SMILES string of the molecule is Bc1ccc(Oc2ccc(C#N)cc2)cc1CO. The van der Waals surface area contributed by atoms with E-state index in [1.165, 1.54) is 0 Å². The van der Waals surface area contributed by atoms with Crippen molar-refractivity contribution < 1.29 is 9.84 Å². The first kappa shape index (κ1) is 12.2. The first-order valence-corrected chi connectivity index (χ1v) is 5.61. The lowest BCUT2D eigenvalue weighted by molar-refractivity contribution is 0.282. The molecule has 0 radical (unpaired) electrons. The van der Waals surface area contributed by atoms with Crippen molar-refractivity contribution >= 4 is 13.3 Å². The van der Waals surface area contributed by atoms with E-state index in [0.717, 1.165) is 11.0 Å². The molecule has 0 fully saturated rings. The molecule has 0 aliphatic rings. The zero-order valence-corrected chi connectivity index (χ0v) is 10.1. The molecule has 88 valence electrons. The fourth-order valence-electron chi connectivity index (χ4n) is 1.62. The lowest BCUT2D eigenvalue weighted by atomic mass is 9.91. The highest BCUT2D eigenvalue weighted by Crippen LogP contribution is 2.21. The third-order valence-corrected chi connectivity index (χ3v) is 2.71. The summed E-state index contributed by atoms with van der Waals surface area (Å²) >= 11 is 0. The quantitative estimate of drug-likeness (QED) is 0.813. The van der Waals surface area contributed by atoms with Crippen LogP contribution in [-0.2, 0) is 6.61 Å². The monoisotopic (exact) mass is 237 g/mol. The molecule has 0 heterocycles. The topological polar surface area (TPSA) is 53.2 Å². The van der Waals surface area contributed by atoms with Gasteiger partial charge in [0.25, 0.3) is 0 Å². The summed E-state index contributed by atoms with van der Waals surface area (Å²) in [4.78, 5) is 0. The average Bonchev–Trinajstić information content (AvgIpc) is 2.42. The second-order valence-electron chi connectivity index (χ2n) is 3.98. The molecule has 2 aromatic rings. The van der Waals surface area contributed by atoms with Crippen LogP contribution in [0.3, 0.4) is 0 Å². The number of ether oxygens (including phenoxy) is 1. The van der Waals surface area contributed by atoms with Crippen molar-refractivity contribution in [1.82, 2.24) is 0 Å². The molecule has 0 spiro atoms. The molecule has 3 nitrogen and oxygen atoms in total. The zero-order chi connectivity index (χ0) is 13.0. The lowest BCUT2D eigenvalue weighted by Crippen LogP contribution is -2.09. The van der Waals surface area contributed by atoms with Gasteiger partial charge in [0.15, 0.2) is 0 Å². The van der Waals surface area contributed by atoms with Gasteiger partial charge in [0.2, 0.25) is 0 Å². The number of hydrogen-bond donors (Lipinski definition) is 1. The molecular formula is C14H12BNO2. The van der Waals surface area contributed by atoms with E-state index in [0.29, 0.717) is 17.1 Å². The maximum Gasteiger partial charge on any atom is 0.139 e. The molecule has 0 saturated heterocycles. The number of benzene rings is 2. The molecule has 2 aromatic carbocycles. The Kier molecular flexibility index (Phi) is 3.66. The van der Waals surface area contributed by atoms with Crippen LogP contribution in [0.1, 0.15) is 11.1 Å². The van der Waals surface area contributed by atoms with Crippen molar-refractivity contribution in [2.45, 2.75) is 6.61 Å². The lowest BCUT2D eigenvalue weighted by Gasteiger charge is -2.08. The number of rotatable bonds is 3. The van der Waals surface area contributed by atoms with Crippen molar-refractivity contribution in [3.8, 4) is 17.6 Å². The van der Waals surface area contributed by atoms with Crippen LogP contribution >= 0.6 is 0 Å². The summed E-state index contributed by atoms with van der Waals surface area (Å²) in [5.41, 5.74) is 2.48. The number of aliphatic hydroxyl groups excluding tert-OH is 1. The van der Waals surface area contributed by atoms with Crippen molar-refractivity contribution in [2.24, 2.45) is 0 Å². The number of nitriles is 1. The third-order valence-electron chi connectivity index (χ3n) is 2.71. The minimum atomic E-state index is -0.00357. The summed E-state index contributed by atoms with van der Waals surface area (Å²) in [5, 5.41) is 17.9. The zero-order valence-electron chi connectivity index (χ0n) is 10.1. The van der Waals surface area contributed by atoms with Gasteiger partial charge in [-0.05, 0) is 42.0 Å². The van der Waals surface area contributed by atoms with E-state index in [1.807, 2.05) is 26.0 Å². The van der Waals surface area contributed by atoms with E-state index >= 15 is 0 Å². The maximum atomic E-state index is 9.19. The maximum absolute atomic E-state index is 9.19. The minimum Gasteiger partial charge on any atom is -0.457 e. The van der Waals surface area contributed by atoms with Gasteiger partial charge in [-0.25, -0.2) is 0 Å². The van der Waals surface area contributed by atoms with Gasteiger partial charge in [-0.2, -0.15) is 5.26 Å². The van der Waals surface area contributed by atoms with Crippen LogP contribution < -0.4 is 10.2 Å². The van der Waals surface area contributed by atoms with Crippen LogP contribution in [0.15, 0.2) is 42.5 Å². The van der Waals surface area contributed by atoms with E-state index in [1.54, 1.807) is 24.3 Å². The highest BCUT2D eigenvalue weighted by molar-refractivity contribution is 6.33. The van der Waals surface area contributed by atoms with E-state index < -0.39 is 0 Å². The molecule has 0 saturated carbocycles. The highest BCUT2D eigenvalue weighted by Gasteiger charge is 2.02. The van der Waals surface area contributed by atoms with E-state index in [2.05, 4.69) is 6.07 Å². The van der Waals surface area contributed by atoms with Crippen LogP contribution in [0.5, 0.6) is 11.5 Å². The van der Waals surface area contributed by atoms with Gasteiger partial charge in [0.1, 0.15) is 19.3 Å². The second-order valence-corrected chi connectivity index (χ2v) is 3.98. The normalized spacial score (nSPS) is 9.78. The Labute approximate surface area is 107 Å². The largest absolute Gasteiger partial charge is 0.457 e. The van der Waals surface area contributed by atoms with Crippen molar-refractivity contribution in [1.29, 1.82) is 5.26 Å². The van der Waals surface area contributed by atoms with Crippen LogP contribution in [0.25, 0.3) is 0 Å². The molecule has 0 unspecified atom stereocenters. The van der Waals surface area contributed by atoms with Crippen molar-refractivity contribution in [3.63, 3.8) is 0 Å². The van der Waals surface area contributed by atoms with Gasteiger partial charge in [-0.15, -0.1) is 0 Å². The van der Waals surface area contributed by atoms with Crippen molar-refractivity contribution in [3.05, 3.63) is 53.6 Å². The minimum absolute atomic E-state index is 0.00357. The summed E-state index contributed by atoms with van der Waals surface area (Å²) in [5.74, 6) is 1.34. The summed E-state index contributed by atoms with van der Waals surface area (Å²) in [7, 11) is 1.94. The predicted molar refractivity (Wildman–Crippen MR) is 71.8 cm³/mol. The third kappa shape index (κ3) is 2.71. The van der Waals surface area contributed by atoms with Gasteiger partial charge in [-0.3, -0.25) is 0 Å². The van der Waals surface area contributed by atoms with Gasteiger partial charge >= 0.3 is 0 Å². The first-order chi connectivity index (χ1) is 8.72. The van der Waals surface area contributed by atoms with Crippen LogP contribution in [-0.4, -0.2) is 13.0 Å². The molecule has 0 amide bonds. The van der Waals surface area contributed by atoms with Gasteiger partial charge in [-0.1, -0.05) is 11.5 Å². The summed E-state index contributed by atoms with van der Waals surface area (Å²) in [6.45, 7) is -0.00357. The van der Waals surface area contributed by atoms with E-state index in [-0.39, 0.29) is 6.61 Å². The number of hydrogen-bond acceptors (Lipinski definition) is 3. The molecule has 0 aliphatic heterocycles. The van der Waals surface area contributed by atoms with Crippen molar-refractivity contribution in [2.75, 3.05) is 0 Å². The molecule has 4 heteroatoms. The molecule has 0 aromatic heterocycles. The smallest absolute Gasteiger partial charge is 0.139 e. The van der Waals surface area contributed by atoms with Gasteiger partial charge < -0.3 is 9.84 Å². The molecule has 0 atom stereocenters. The van der Waals surface area contributed by atoms with Gasteiger partial charge in [0.05, 0.1) is 18.2 Å². The highest BCUT2D eigenvalue weighted by atomic mass is 16.5. The number of nitrogens with zero attached hydrogens (tertiary/aromatic N) is 1. The molecule has 1 N–H and O–H groups in total. The van der Waals surface area contributed by atoms with E-state index in [4.69, 9.17) is 10.00 Å². The standard InChI is InChI=1S/C14H12BNO2/c15-14-6-5-13(7-11(14)9-17)18-12-3-1-10(8-16)2-4-12/h1-7,17H,9,15H2. The first-order valence-electron chi connectivity index (χ1n) is 5.61. The molecule has 0 bridgehead atoms. The van der Waals surface area contributed by atoms with Crippen LogP contribution in [0.2, 0.25) is 0 Å². The Morgan fingerprint density at radius 3 is 2.39 bits per heavy atom. The predicted octanol–water partition coefficient (Wildman–Crippen LogP) is 1.10. The molecule has 18 heavy (non-hydrogen) atoms. The average molecular weight is 237 g/mol. The second kappa shape index (κ2) is 5.39. The van der Waals surface area contributed by atoms with Crippen LogP contribution in [0, 0.1) is 11.3 Å². The summed E-state index contributed by atoms with van der Waals surface area (Å²) in [6, 6.07) is 14.5. The summed E-state index contributed by atoms with van der Waals surface area (Å²) < 4.78 is 5.65. The fourth-order valence-corrected chi connectivity index (χ4v) is 1.62. The molecule has 0 aliphatic carbocycles. The Hall–Kier alpha value is -2.25. The fraction of sp³-hybridized carbons (Fsp3) is 0.0714. The summed E-state index contributed by atoms with van der Waals surface area (Å²) in [6.07, 6.45) is 0. The molecule has 2 rings (SSSR count). The Morgan fingerprint density at radius 1 is 1.11 bits per heavy atom. The Bertz CT molecular complexity index is 588. The van der Waals surface area contributed by atoms with E-state index in [9.17, 15) is 5.11 Å².